The molecule has 0 aliphatic carbocycles. The summed E-state index contributed by atoms with van der Waals surface area (Å²) in [6, 6.07) is 5.77. The zero-order chi connectivity index (χ0) is 15.2. The van der Waals surface area contributed by atoms with Crippen molar-refractivity contribution in [3.63, 3.8) is 0 Å². The Morgan fingerprint density at radius 3 is 2.30 bits per heavy atom. The molecule has 0 saturated heterocycles. The van der Waals surface area contributed by atoms with Crippen LogP contribution in [0.2, 0.25) is 0 Å². The van der Waals surface area contributed by atoms with Crippen LogP contribution in [-0.2, 0) is 10.0 Å². The molecule has 1 rings (SSSR count). The monoisotopic (exact) mass is 298 g/mol. The average molecular weight is 298 g/mol. The second kappa shape index (κ2) is 7.40. The second-order valence-corrected chi connectivity index (χ2v) is 6.62. The Hall–Kier alpha value is -1.40. The molecule has 1 amide bonds. The van der Waals surface area contributed by atoms with Gasteiger partial charge in [-0.3, -0.25) is 4.79 Å². The molecular weight excluding hydrogens is 276 g/mol. The second-order valence-electron chi connectivity index (χ2n) is 4.91. The van der Waals surface area contributed by atoms with E-state index in [0.717, 1.165) is 12.8 Å². The zero-order valence-electron chi connectivity index (χ0n) is 12.1. The molecule has 0 saturated carbocycles. The SMILES string of the molecule is CCCCNC(=O)c1ccc(S(=O)(=O)NC(C)C)cc1. The number of carbonyl (C=O) groups excluding carboxylic acids is 1. The first-order chi connectivity index (χ1) is 9.36. The van der Waals surface area contributed by atoms with Gasteiger partial charge < -0.3 is 5.32 Å². The first-order valence-corrected chi connectivity index (χ1v) is 8.25. The number of carbonyl (C=O) groups is 1. The molecule has 5 nitrogen and oxygen atoms in total. The summed E-state index contributed by atoms with van der Waals surface area (Å²) in [5.41, 5.74) is 0.463. The number of unbranched alkanes of at least 4 members (excludes halogenated alkanes) is 1. The van der Waals surface area contributed by atoms with E-state index < -0.39 is 10.0 Å². The van der Waals surface area contributed by atoms with E-state index >= 15 is 0 Å². The summed E-state index contributed by atoms with van der Waals surface area (Å²) < 4.78 is 26.3. The maximum absolute atomic E-state index is 11.9. The third kappa shape index (κ3) is 4.94. The van der Waals surface area contributed by atoms with Crippen LogP contribution in [-0.4, -0.2) is 26.9 Å². The predicted octanol–water partition coefficient (Wildman–Crippen LogP) is 1.90. The van der Waals surface area contributed by atoms with Crippen LogP contribution in [0.5, 0.6) is 0 Å². The van der Waals surface area contributed by atoms with Gasteiger partial charge in [-0.05, 0) is 44.5 Å². The fourth-order valence-corrected chi connectivity index (χ4v) is 2.90. The lowest BCUT2D eigenvalue weighted by atomic mass is 10.2. The van der Waals surface area contributed by atoms with Crippen LogP contribution in [0.3, 0.4) is 0 Å². The Morgan fingerprint density at radius 1 is 1.20 bits per heavy atom. The van der Waals surface area contributed by atoms with Crippen LogP contribution in [0, 0.1) is 0 Å². The Bertz CT molecular complexity index is 536. The molecule has 0 spiro atoms. The van der Waals surface area contributed by atoms with E-state index in [0.29, 0.717) is 12.1 Å². The molecule has 0 aliphatic rings. The first-order valence-electron chi connectivity index (χ1n) is 6.77. The van der Waals surface area contributed by atoms with Crippen molar-refractivity contribution in [2.24, 2.45) is 0 Å². The number of rotatable bonds is 7. The molecule has 0 bridgehead atoms. The molecule has 0 fully saturated rings. The first kappa shape index (κ1) is 16.7. The maximum atomic E-state index is 11.9. The van der Waals surface area contributed by atoms with Crippen LogP contribution >= 0.6 is 0 Å². The fraction of sp³-hybridized carbons (Fsp3) is 0.500. The van der Waals surface area contributed by atoms with E-state index in [2.05, 4.69) is 10.0 Å². The molecule has 1 aromatic rings. The maximum Gasteiger partial charge on any atom is 0.251 e. The van der Waals surface area contributed by atoms with Crippen molar-refractivity contribution in [3.8, 4) is 0 Å². The van der Waals surface area contributed by atoms with Gasteiger partial charge in [0.1, 0.15) is 0 Å². The lowest BCUT2D eigenvalue weighted by molar-refractivity contribution is 0.0953. The summed E-state index contributed by atoms with van der Waals surface area (Å²) in [6.07, 6.45) is 1.94. The minimum Gasteiger partial charge on any atom is -0.352 e. The van der Waals surface area contributed by atoms with E-state index in [1.807, 2.05) is 6.92 Å². The summed E-state index contributed by atoms with van der Waals surface area (Å²) in [5, 5.41) is 2.79. The van der Waals surface area contributed by atoms with E-state index in [9.17, 15) is 13.2 Å². The number of amides is 1. The normalized spacial score (nSPS) is 11.6. The predicted molar refractivity (Wildman–Crippen MR) is 79.1 cm³/mol. The van der Waals surface area contributed by atoms with E-state index in [1.165, 1.54) is 24.3 Å². The topological polar surface area (TPSA) is 75.3 Å². The van der Waals surface area contributed by atoms with Gasteiger partial charge in [0.05, 0.1) is 4.90 Å². The van der Waals surface area contributed by atoms with Crippen LogP contribution < -0.4 is 10.0 Å². The number of benzene rings is 1. The van der Waals surface area contributed by atoms with Gasteiger partial charge in [-0.1, -0.05) is 13.3 Å². The highest BCUT2D eigenvalue weighted by atomic mass is 32.2. The molecule has 0 unspecified atom stereocenters. The number of sulfonamides is 1. The van der Waals surface area contributed by atoms with Crippen molar-refractivity contribution >= 4 is 15.9 Å². The van der Waals surface area contributed by atoms with Gasteiger partial charge in [-0.2, -0.15) is 0 Å². The van der Waals surface area contributed by atoms with Crippen molar-refractivity contribution in [3.05, 3.63) is 29.8 Å². The van der Waals surface area contributed by atoms with E-state index in [4.69, 9.17) is 0 Å². The van der Waals surface area contributed by atoms with Crippen molar-refractivity contribution in [1.82, 2.24) is 10.0 Å². The molecule has 0 aromatic heterocycles. The van der Waals surface area contributed by atoms with Gasteiger partial charge in [0, 0.05) is 18.2 Å². The number of nitrogens with one attached hydrogen (secondary N) is 2. The highest BCUT2D eigenvalue weighted by Crippen LogP contribution is 2.11. The van der Waals surface area contributed by atoms with Crippen molar-refractivity contribution in [2.75, 3.05) is 6.54 Å². The lowest BCUT2D eigenvalue weighted by Crippen LogP contribution is -2.30. The summed E-state index contributed by atoms with van der Waals surface area (Å²) in [7, 11) is -3.50. The molecule has 112 valence electrons. The van der Waals surface area contributed by atoms with Crippen LogP contribution in [0.4, 0.5) is 0 Å². The molecule has 20 heavy (non-hydrogen) atoms. The summed E-state index contributed by atoms with van der Waals surface area (Å²) >= 11 is 0. The molecule has 2 N–H and O–H groups in total. The molecule has 0 heterocycles. The minimum atomic E-state index is -3.50. The van der Waals surface area contributed by atoms with Gasteiger partial charge in [-0.15, -0.1) is 0 Å². The molecule has 6 heteroatoms. The summed E-state index contributed by atoms with van der Waals surface area (Å²) in [4.78, 5) is 11.9. The van der Waals surface area contributed by atoms with Crippen molar-refractivity contribution in [2.45, 2.75) is 44.6 Å². The van der Waals surface area contributed by atoms with Gasteiger partial charge in [0.25, 0.3) is 5.91 Å². The van der Waals surface area contributed by atoms with Gasteiger partial charge >= 0.3 is 0 Å². The Balaban J connectivity index is 2.76. The number of hydrogen-bond donors (Lipinski definition) is 2. The van der Waals surface area contributed by atoms with Crippen molar-refractivity contribution in [1.29, 1.82) is 0 Å². The van der Waals surface area contributed by atoms with Crippen LogP contribution in [0.1, 0.15) is 44.0 Å². The van der Waals surface area contributed by atoms with Crippen LogP contribution in [0.15, 0.2) is 29.2 Å². The smallest absolute Gasteiger partial charge is 0.251 e. The van der Waals surface area contributed by atoms with E-state index in [-0.39, 0.29) is 16.8 Å². The fourth-order valence-electron chi connectivity index (χ4n) is 1.64. The Kier molecular flexibility index (Phi) is 6.16. The van der Waals surface area contributed by atoms with Crippen molar-refractivity contribution < 1.29 is 13.2 Å². The Labute approximate surface area is 120 Å². The van der Waals surface area contributed by atoms with E-state index in [1.54, 1.807) is 13.8 Å². The van der Waals surface area contributed by atoms with Gasteiger partial charge in [0.15, 0.2) is 0 Å². The lowest BCUT2D eigenvalue weighted by Gasteiger charge is -2.10. The molecular formula is C14H22N2O3S. The highest BCUT2D eigenvalue weighted by Gasteiger charge is 2.15. The third-order valence-electron chi connectivity index (χ3n) is 2.63. The largest absolute Gasteiger partial charge is 0.352 e. The summed E-state index contributed by atoms with van der Waals surface area (Å²) in [5.74, 6) is -0.181. The van der Waals surface area contributed by atoms with Gasteiger partial charge in [0.2, 0.25) is 10.0 Å². The zero-order valence-corrected chi connectivity index (χ0v) is 13.0. The van der Waals surface area contributed by atoms with Crippen LogP contribution in [0.25, 0.3) is 0 Å². The Morgan fingerprint density at radius 2 is 1.80 bits per heavy atom. The molecule has 0 radical (unpaired) electrons. The standard InChI is InChI=1S/C14H22N2O3S/c1-4-5-10-15-14(17)12-6-8-13(9-7-12)20(18,19)16-11(2)3/h6-9,11,16H,4-5,10H2,1-3H3,(H,15,17). The van der Waals surface area contributed by atoms with Gasteiger partial charge in [-0.25, -0.2) is 13.1 Å². The third-order valence-corrected chi connectivity index (χ3v) is 4.31. The minimum absolute atomic E-state index is 0.163. The quantitative estimate of drug-likeness (QED) is 0.755. The number of hydrogen-bond acceptors (Lipinski definition) is 3. The molecule has 0 aliphatic heterocycles. The molecule has 1 aromatic carbocycles. The summed E-state index contributed by atoms with van der Waals surface area (Å²) in [6.45, 7) is 6.19. The molecule has 0 atom stereocenters. The average Bonchev–Trinajstić information content (AvgIpc) is 2.37. The highest BCUT2D eigenvalue weighted by molar-refractivity contribution is 7.89.